The first kappa shape index (κ1) is 22.6. The molecule has 0 saturated carbocycles. The molecule has 0 bridgehead atoms. The SMILES string of the molecule is CCc1csc(C(CC(=O)CCc2nccs2)Cc2ccc(NS(C)(=O)=O)cc2)n1. The molecule has 3 aromatic rings. The number of carbonyl (C=O) groups is 1. The molecule has 1 N–H and O–H groups in total. The van der Waals surface area contributed by atoms with Crippen LogP contribution in [0.3, 0.4) is 0 Å². The Labute approximate surface area is 185 Å². The second-order valence-electron chi connectivity index (χ2n) is 7.17. The van der Waals surface area contributed by atoms with Gasteiger partial charge in [-0.3, -0.25) is 9.52 Å². The molecular weight excluding hydrogens is 438 g/mol. The average Bonchev–Trinajstić information content (AvgIpc) is 3.38. The lowest BCUT2D eigenvalue weighted by Crippen LogP contribution is -2.11. The maximum atomic E-state index is 12.7. The predicted molar refractivity (Wildman–Crippen MR) is 123 cm³/mol. The van der Waals surface area contributed by atoms with E-state index in [2.05, 4.69) is 22.0 Å². The van der Waals surface area contributed by atoms with Gasteiger partial charge in [-0.05, 0) is 30.5 Å². The standard InChI is InChI=1S/C21H25N3O3S3/c1-3-17-14-29-21(23-17)16(13-19(25)8-9-20-22-10-11-28-20)12-15-4-6-18(7-5-15)24-30(2,26)27/h4-7,10-11,14,16,24H,3,8-9,12-13H2,1-2H3. The highest BCUT2D eigenvalue weighted by molar-refractivity contribution is 7.92. The lowest BCUT2D eigenvalue weighted by atomic mass is 9.93. The van der Waals surface area contributed by atoms with Gasteiger partial charge in [0.25, 0.3) is 0 Å². The number of aromatic nitrogens is 2. The Morgan fingerprint density at radius 2 is 1.97 bits per heavy atom. The number of anilines is 1. The third kappa shape index (κ3) is 7.00. The summed E-state index contributed by atoms with van der Waals surface area (Å²) in [5.74, 6) is 0.214. The molecule has 1 aromatic carbocycles. The zero-order chi connectivity index (χ0) is 21.6. The van der Waals surface area contributed by atoms with Gasteiger partial charge in [0.05, 0.1) is 22.0 Å². The van der Waals surface area contributed by atoms with Crippen LogP contribution in [0.5, 0.6) is 0 Å². The van der Waals surface area contributed by atoms with Crippen molar-refractivity contribution < 1.29 is 13.2 Å². The number of nitrogens with one attached hydrogen (secondary N) is 1. The topological polar surface area (TPSA) is 89.0 Å². The molecule has 9 heteroatoms. The normalized spacial score (nSPS) is 12.6. The monoisotopic (exact) mass is 463 g/mol. The van der Waals surface area contributed by atoms with Crippen molar-refractivity contribution in [1.82, 2.24) is 9.97 Å². The molecule has 30 heavy (non-hydrogen) atoms. The van der Waals surface area contributed by atoms with Gasteiger partial charge < -0.3 is 0 Å². The molecule has 0 aliphatic carbocycles. The number of aryl methyl sites for hydroxylation is 2. The van der Waals surface area contributed by atoms with Crippen LogP contribution in [-0.2, 0) is 34.1 Å². The second kappa shape index (κ2) is 10.3. The number of rotatable bonds is 11. The maximum absolute atomic E-state index is 12.7. The van der Waals surface area contributed by atoms with E-state index < -0.39 is 10.0 Å². The fraction of sp³-hybridized carbons (Fsp3) is 0.381. The highest BCUT2D eigenvalue weighted by Crippen LogP contribution is 2.29. The van der Waals surface area contributed by atoms with Crippen LogP contribution in [0.15, 0.2) is 41.2 Å². The number of carbonyl (C=O) groups excluding carboxylic acids is 1. The number of nitrogens with zero attached hydrogens (tertiary/aromatic N) is 2. The molecule has 2 heterocycles. The molecule has 3 rings (SSSR count). The van der Waals surface area contributed by atoms with Crippen LogP contribution in [-0.4, -0.2) is 30.4 Å². The minimum absolute atomic E-state index is 0.00723. The second-order valence-corrected chi connectivity index (χ2v) is 10.8. The molecule has 1 unspecified atom stereocenters. The van der Waals surface area contributed by atoms with E-state index in [4.69, 9.17) is 4.98 Å². The van der Waals surface area contributed by atoms with Gasteiger partial charge in [-0.15, -0.1) is 22.7 Å². The third-order valence-electron chi connectivity index (χ3n) is 4.60. The number of ketones is 1. The van der Waals surface area contributed by atoms with Crippen molar-refractivity contribution in [2.45, 2.75) is 44.9 Å². The molecule has 0 fully saturated rings. The van der Waals surface area contributed by atoms with Crippen LogP contribution in [0.4, 0.5) is 5.69 Å². The van der Waals surface area contributed by atoms with E-state index in [0.29, 0.717) is 31.4 Å². The Balaban J connectivity index is 1.70. The van der Waals surface area contributed by atoms with Gasteiger partial charge in [0, 0.05) is 47.8 Å². The summed E-state index contributed by atoms with van der Waals surface area (Å²) in [5, 5.41) is 5.94. The van der Waals surface area contributed by atoms with Gasteiger partial charge in [0.15, 0.2) is 0 Å². The number of thiazole rings is 2. The number of hydrogen-bond donors (Lipinski definition) is 1. The smallest absolute Gasteiger partial charge is 0.229 e. The van der Waals surface area contributed by atoms with Crippen molar-refractivity contribution in [3.8, 4) is 0 Å². The van der Waals surface area contributed by atoms with Gasteiger partial charge in [-0.25, -0.2) is 18.4 Å². The zero-order valence-corrected chi connectivity index (χ0v) is 19.4. The van der Waals surface area contributed by atoms with Crippen molar-refractivity contribution in [3.05, 3.63) is 62.5 Å². The fourth-order valence-corrected chi connectivity index (χ4v) is 5.32. The van der Waals surface area contributed by atoms with Gasteiger partial charge in [-0.2, -0.15) is 0 Å². The van der Waals surface area contributed by atoms with Crippen LogP contribution in [0.1, 0.15) is 47.0 Å². The van der Waals surface area contributed by atoms with E-state index in [9.17, 15) is 13.2 Å². The van der Waals surface area contributed by atoms with Crippen LogP contribution in [0.2, 0.25) is 0 Å². The molecule has 0 amide bonds. The highest BCUT2D eigenvalue weighted by Gasteiger charge is 2.20. The highest BCUT2D eigenvalue weighted by atomic mass is 32.2. The largest absolute Gasteiger partial charge is 0.300 e. The molecule has 0 aliphatic rings. The van der Waals surface area contributed by atoms with E-state index in [0.717, 1.165) is 33.9 Å². The van der Waals surface area contributed by atoms with Gasteiger partial charge >= 0.3 is 0 Å². The van der Waals surface area contributed by atoms with E-state index >= 15 is 0 Å². The Morgan fingerprint density at radius 3 is 2.57 bits per heavy atom. The number of benzene rings is 1. The Hall–Kier alpha value is -2.10. The molecular formula is C21H25N3O3S3. The van der Waals surface area contributed by atoms with Crippen molar-refractivity contribution in [2.24, 2.45) is 0 Å². The summed E-state index contributed by atoms with van der Waals surface area (Å²) >= 11 is 3.18. The molecule has 1 atom stereocenters. The molecule has 2 aromatic heterocycles. The van der Waals surface area contributed by atoms with Crippen molar-refractivity contribution in [3.63, 3.8) is 0 Å². The lowest BCUT2D eigenvalue weighted by Gasteiger charge is -2.14. The number of hydrogen-bond acceptors (Lipinski definition) is 7. The van der Waals surface area contributed by atoms with Crippen molar-refractivity contribution >= 4 is 44.2 Å². The molecule has 0 spiro atoms. The van der Waals surface area contributed by atoms with Crippen molar-refractivity contribution in [2.75, 3.05) is 11.0 Å². The molecule has 160 valence electrons. The molecule has 0 radical (unpaired) electrons. The Kier molecular flexibility index (Phi) is 7.74. The number of Topliss-reactive ketones (excluding diaryl/α,β-unsaturated/α-hetero) is 1. The summed E-state index contributed by atoms with van der Waals surface area (Å²) in [6.45, 7) is 2.07. The summed E-state index contributed by atoms with van der Waals surface area (Å²) in [6.07, 6.45) is 6.02. The summed E-state index contributed by atoms with van der Waals surface area (Å²) < 4.78 is 25.2. The fourth-order valence-electron chi connectivity index (χ4n) is 3.13. The first-order valence-corrected chi connectivity index (χ1v) is 13.4. The summed E-state index contributed by atoms with van der Waals surface area (Å²) in [5.41, 5.74) is 2.61. The Bertz CT molecular complexity index is 1060. The lowest BCUT2D eigenvalue weighted by molar-refractivity contribution is -0.119. The van der Waals surface area contributed by atoms with Crippen molar-refractivity contribution in [1.29, 1.82) is 0 Å². The van der Waals surface area contributed by atoms with E-state index in [1.807, 2.05) is 17.5 Å². The quantitative estimate of drug-likeness (QED) is 0.454. The average molecular weight is 464 g/mol. The minimum atomic E-state index is -3.30. The maximum Gasteiger partial charge on any atom is 0.229 e. The first-order valence-electron chi connectivity index (χ1n) is 9.73. The van der Waals surface area contributed by atoms with E-state index in [1.54, 1.807) is 41.0 Å². The summed E-state index contributed by atoms with van der Waals surface area (Å²) in [6, 6.07) is 7.29. The summed E-state index contributed by atoms with van der Waals surface area (Å²) in [4.78, 5) is 21.6. The molecule has 0 aliphatic heterocycles. The Morgan fingerprint density at radius 1 is 1.20 bits per heavy atom. The van der Waals surface area contributed by atoms with Crippen LogP contribution in [0.25, 0.3) is 0 Å². The summed E-state index contributed by atoms with van der Waals surface area (Å²) in [7, 11) is -3.30. The van der Waals surface area contributed by atoms with Crippen LogP contribution < -0.4 is 4.72 Å². The third-order valence-corrected chi connectivity index (χ3v) is 7.10. The number of sulfonamides is 1. The van der Waals surface area contributed by atoms with Gasteiger partial charge in [0.2, 0.25) is 10.0 Å². The first-order chi connectivity index (χ1) is 14.3. The molecule has 0 saturated heterocycles. The van der Waals surface area contributed by atoms with Crippen LogP contribution >= 0.6 is 22.7 Å². The minimum Gasteiger partial charge on any atom is -0.300 e. The van der Waals surface area contributed by atoms with E-state index in [1.165, 1.54) is 0 Å². The van der Waals surface area contributed by atoms with Gasteiger partial charge in [-0.1, -0.05) is 19.1 Å². The zero-order valence-electron chi connectivity index (χ0n) is 17.0. The van der Waals surface area contributed by atoms with Crippen LogP contribution in [0, 0.1) is 0 Å². The van der Waals surface area contributed by atoms with Gasteiger partial charge in [0.1, 0.15) is 5.78 Å². The van der Waals surface area contributed by atoms with E-state index in [-0.39, 0.29) is 11.7 Å². The predicted octanol–water partition coefficient (Wildman–Crippen LogP) is 4.45. The molecule has 6 nitrogen and oxygen atoms in total.